The number of nitrogens with one attached hydrogen (secondary N) is 2. The molecule has 0 aliphatic rings. The van der Waals surface area contributed by atoms with E-state index >= 15 is 0 Å². The van der Waals surface area contributed by atoms with Crippen LogP contribution in [0.15, 0.2) is 17.3 Å². The van der Waals surface area contributed by atoms with E-state index in [1.807, 2.05) is 13.8 Å². The molecule has 2 atom stereocenters. The maximum absolute atomic E-state index is 12.2. The molecule has 0 amide bonds. The zero-order chi connectivity index (χ0) is 15.9. The van der Waals surface area contributed by atoms with Gasteiger partial charge in [0.15, 0.2) is 0 Å². The van der Waals surface area contributed by atoms with E-state index in [0.29, 0.717) is 11.9 Å². The van der Waals surface area contributed by atoms with Crippen molar-refractivity contribution >= 4 is 16.0 Å². The Labute approximate surface area is 127 Å². The van der Waals surface area contributed by atoms with E-state index in [1.165, 1.54) is 12.4 Å². The highest BCUT2D eigenvalue weighted by molar-refractivity contribution is 7.89. The highest BCUT2D eigenvalue weighted by Gasteiger charge is 2.19. The number of hydrogen-bond donors (Lipinski definition) is 2. The van der Waals surface area contributed by atoms with Gasteiger partial charge in [0.25, 0.3) is 0 Å². The molecule has 0 spiro atoms. The molecule has 0 aromatic carbocycles. The Kier molecular flexibility index (Phi) is 7.04. The zero-order valence-electron chi connectivity index (χ0n) is 13.3. The Morgan fingerprint density at radius 1 is 1.19 bits per heavy atom. The normalized spacial score (nSPS) is 14.7. The average molecular weight is 314 g/mol. The van der Waals surface area contributed by atoms with Crippen molar-refractivity contribution in [2.24, 2.45) is 5.92 Å². The summed E-state index contributed by atoms with van der Waals surface area (Å²) in [5.41, 5.74) is 0. The Morgan fingerprint density at radius 3 is 2.33 bits per heavy atom. The van der Waals surface area contributed by atoms with E-state index < -0.39 is 10.0 Å². The molecule has 1 rings (SSSR count). The molecule has 21 heavy (non-hydrogen) atoms. The van der Waals surface area contributed by atoms with Gasteiger partial charge in [-0.25, -0.2) is 23.1 Å². The van der Waals surface area contributed by atoms with E-state index in [4.69, 9.17) is 0 Å². The van der Waals surface area contributed by atoms with Crippen LogP contribution in [-0.4, -0.2) is 31.0 Å². The van der Waals surface area contributed by atoms with Crippen molar-refractivity contribution in [3.05, 3.63) is 12.4 Å². The fourth-order valence-corrected chi connectivity index (χ4v) is 3.08. The second-order valence-electron chi connectivity index (χ2n) is 5.44. The monoisotopic (exact) mass is 314 g/mol. The van der Waals surface area contributed by atoms with Gasteiger partial charge in [0.05, 0.1) is 12.4 Å². The molecule has 120 valence electrons. The van der Waals surface area contributed by atoms with Crippen molar-refractivity contribution in [3.8, 4) is 0 Å². The molecule has 0 aliphatic carbocycles. The summed E-state index contributed by atoms with van der Waals surface area (Å²) in [6, 6.07) is -0.108. The van der Waals surface area contributed by atoms with Crippen molar-refractivity contribution in [3.63, 3.8) is 0 Å². The first-order valence-electron chi connectivity index (χ1n) is 7.47. The minimum atomic E-state index is -3.55. The first kappa shape index (κ1) is 17.8. The van der Waals surface area contributed by atoms with Crippen LogP contribution in [0.25, 0.3) is 0 Å². The average Bonchev–Trinajstić information content (AvgIpc) is 2.44. The van der Waals surface area contributed by atoms with E-state index in [9.17, 15) is 8.42 Å². The molecule has 6 nitrogen and oxygen atoms in total. The maximum atomic E-state index is 12.2. The SMILES string of the molecule is CCCNc1ncc(S(=O)(=O)NC(C)CC(C)CC)cn1. The summed E-state index contributed by atoms with van der Waals surface area (Å²) in [7, 11) is -3.55. The third kappa shape index (κ3) is 5.97. The molecule has 0 bridgehead atoms. The van der Waals surface area contributed by atoms with Crippen molar-refractivity contribution in [1.82, 2.24) is 14.7 Å². The molecule has 1 aromatic heterocycles. The lowest BCUT2D eigenvalue weighted by atomic mass is 10.0. The third-order valence-corrected chi connectivity index (χ3v) is 4.82. The molecule has 0 radical (unpaired) electrons. The second-order valence-corrected chi connectivity index (χ2v) is 7.15. The van der Waals surface area contributed by atoms with Gasteiger partial charge >= 0.3 is 0 Å². The van der Waals surface area contributed by atoms with Crippen LogP contribution in [0.3, 0.4) is 0 Å². The summed E-state index contributed by atoms with van der Waals surface area (Å²) >= 11 is 0. The van der Waals surface area contributed by atoms with Gasteiger partial charge in [0.1, 0.15) is 4.90 Å². The fraction of sp³-hybridized carbons (Fsp3) is 0.714. The fourth-order valence-electron chi connectivity index (χ4n) is 1.93. The summed E-state index contributed by atoms with van der Waals surface area (Å²) in [6.07, 6.45) is 5.48. The lowest BCUT2D eigenvalue weighted by Crippen LogP contribution is -2.33. The second kappa shape index (κ2) is 8.29. The Morgan fingerprint density at radius 2 is 1.81 bits per heavy atom. The van der Waals surface area contributed by atoms with Crippen LogP contribution in [0.2, 0.25) is 0 Å². The summed E-state index contributed by atoms with van der Waals surface area (Å²) in [5.74, 6) is 0.933. The van der Waals surface area contributed by atoms with Crippen LogP contribution >= 0.6 is 0 Å². The predicted octanol–water partition coefficient (Wildman–Crippen LogP) is 2.40. The van der Waals surface area contributed by atoms with E-state index in [1.54, 1.807) is 0 Å². The van der Waals surface area contributed by atoms with E-state index in [-0.39, 0.29) is 10.9 Å². The number of hydrogen-bond acceptors (Lipinski definition) is 5. The molecule has 1 heterocycles. The molecule has 0 fully saturated rings. The standard InChI is InChI=1S/C14H26N4O2S/c1-5-7-15-14-16-9-13(10-17-14)21(19,20)18-12(4)8-11(3)6-2/h9-12,18H,5-8H2,1-4H3,(H,15,16,17). The molecule has 0 saturated heterocycles. The number of aromatic nitrogens is 2. The van der Waals surface area contributed by atoms with Crippen molar-refractivity contribution in [2.45, 2.75) is 57.9 Å². The van der Waals surface area contributed by atoms with Crippen LogP contribution in [0, 0.1) is 5.92 Å². The lowest BCUT2D eigenvalue weighted by Gasteiger charge is -2.17. The summed E-state index contributed by atoms with van der Waals surface area (Å²) in [5, 5.41) is 3.01. The quantitative estimate of drug-likeness (QED) is 0.731. The third-order valence-electron chi connectivity index (χ3n) is 3.28. The Bertz CT molecular complexity index is 516. The lowest BCUT2D eigenvalue weighted by molar-refractivity contribution is 0.445. The van der Waals surface area contributed by atoms with Gasteiger partial charge < -0.3 is 5.32 Å². The zero-order valence-corrected chi connectivity index (χ0v) is 14.1. The number of nitrogens with zero attached hydrogens (tertiary/aromatic N) is 2. The van der Waals surface area contributed by atoms with E-state index in [0.717, 1.165) is 25.8 Å². The minimum absolute atomic E-state index is 0.0977. The smallest absolute Gasteiger partial charge is 0.243 e. The highest BCUT2D eigenvalue weighted by atomic mass is 32.2. The predicted molar refractivity (Wildman–Crippen MR) is 84.7 cm³/mol. The van der Waals surface area contributed by atoms with Gasteiger partial charge in [-0.05, 0) is 25.7 Å². The summed E-state index contributed by atoms with van der Waals surface area (Å²) in [4.78, 5) is 8.15. The van der Waals surface area contributed by atoms with Gasteiger partial charge in [0.2, 0.25) is 16.0 Å². The van der Waals surface area contributed by atoms with Gasteiger partial charge in [-0.3, -0.25) is 0 Å². The maximum Gasteiger partial charge on any atom is 0.243 e. The van der Waals surface area contributed by atoms with Crippen molar-refractivity contribution in [1.29, 1.82) is 0 Å². The first-order chi connectivity index (χ1) is 9.89. The van der Waals surface area contributed by atoms with Gasteiger partial charge in [-0.1, -0.05) is 27.2 Å². The molecule has 0 aliphatic heterocycles. The molecule has 2 N–H and O–H groups in total. The Hall–Kier alpha value is -1.21. The van der Waals surface area contributed by atoms with Crippen LogP contribution in [-0.2, 0) is 10.0 Å². The van der Waals surface area contributed by atoms with Crippen LogP contribution in [0.5, 0.6) is 0 Å². The highest BCUT2D eigenvalue weighted by Crippen LogP contribution is 2.13. The summed E-state index contributed by atoms with van der Waals surface area (Å²) < 4.78 is 27.1. The molecule has 7 heteroatoms. The summed E-state index contributed by atoms with van der Waals surface area (Å²) in [6.45, 7) is 8.89. The topological polar surface area (TPSA) is 84.0 Å². The number of rotatable bonds is 9. The minimum Gasteiger partial charge on any atom is -0.354 e. The van der Waals surface area contributed by atoms with Crippen molar-refractivity contribution < 1.29 is 8.42 Å². The molecule has 2 unspecified atom stereocenters. The van der Waals surface area contributed by atoms with Crippen LogP contribution in [0.1, 0.15) is 47.0 Å². The van der Waals surface area contributed by atoms with Gasteiger partial charge in [-0.15, -0.1) is 0 Å². The van der Waals surface area contributed by atoms with E-state index in [2.05, 4.69) is 33.9 Å². The van der Waals surface area contributed by atoms with Gasteiger partial charge in [0, 0.05) is 12.6 Å². The Balaban J connectivity index is 2.69. The molecule has 1 aromatic rings. The molecule has 0 saturated carbocycles. The number of anilines is 1. The molecular formula is C14H26N4O2S. The molecular weight excluding hydrogens is 288 g/mol. The van der Waals surface area contributed by atoms with Crippen LogP contribution in [0.4, 0.5) is 5.95 Å². The largest absolute Gasteiger partial charge is 0.354 e. The first-order valence-corrected chi connectivity index (χ1v) is 8.95. The van der Waals surface area contributed by atoms with Gasteiger partial charge in [-0.2, -0.15) is 0 Å². The van der Waals surface area contributed by atoms with Crippen LogP contribution < -0.4 is 10.0 Å². The van der Waals surface area contributed by atoms with Crippen molar-refractivity contribution in [2.75, 3.05) is 11.9 Å². The number of sulfonamides is 1.